The van der Waals surface area contributed by atoms with Crippen molar-refractivity contribution < 1.29 is 13.9 Å². The van der Waals surface area contributed by atoms with Crippen LogP contribution >= 0.6 is 11.6 Å². The molecule has 1 heterocycles. The second kappa shape index (κ2) is 11.5. The molecule has 178 valence electrons. The third-order valence-corrected chi connectivity index (χ3v) is 6.19. The first kappa shape index (κ1) is 24.2. The number of ether oxygens (including phenoxy) is 1. The molecule has 1 aliphatic rings. The molecule has 0 aromatic heterocycles. The van der Waals surface area contributed by atoms with Crippen molar-refractivity contribution in [2.45, 2.75) is 19.6 Å². The molecule has 0 unspecified atom stereocenters. The molecule has 3 aromatic rings. The van der Waals surface area contributed by atoms with E-state index in [1.54, 1.807) is 17.0 Å². The van der Waals surface area contributed by atoms with Crippen molar-refractivity contribution in [2.24, 2.45) is 0 Å². The zero-order valence-corrected chi connectivity index (χ0v) is 20.0. The van der Waals surface area contributed by atoms with Crippen molar-refractivity contribution in [2.75, 3.05) is 38.0 Å². The van der Waals surface area contributed by atoms with Gasteiger partial charge in [-0.25, -0.2) is 9.18 Å². The maximum atomic E-state index is 13.4. The van der Waals surface area contributed by atoms with E-state index in [4.69, 9.17) is 16.3 Å². The van der Waals surface area contributed by atoms with Crippen LogP contribution in [0.2, 0.25) is 5.02 Å². The first-order valence-electron chi connectivity index (χ1n) is 11.4. The topological polar surface area (TPSA) is 44.8 Å². The molecule has 1 N–H and O–H groups in total. The van der Waals surface area contributed by atoms with Crippen LogP contribution in [-0.4, -0.2) is 48.6 Å². The van der Waals surface area contributed by atoms with E-state index in [1.807, 2.05) is 30.3 Å². The minimum atomic E-state index is -0.374. The Labute approximate surface area is 205 Å². The number of amides is 2. The van der Waals surface area contributed by atoms with E-state index in [1.165, 1.54) is 17.7 Å². The van der Waals surface area contributed by atoms with Crippen molar-refractivity contribution in [1.29, 1.82) is 0 Å². The number of carbonyl (C=O) groups excluding carboxylic acids is 1. The fourth-order valence-electron chi connectivity index (χ4n) is 4.07. The number of nitrogens with zero attached hydrogens (tertiary/aromatic N) is 2. The van der Waals surface area contributed by atoms with Gasteiger partial charge in [-0.15, -0.1) is 0 Å². The van der Waals surface area contributed by atoms with Crippen LogP contribution in [0.4, 0.5) is 14.9 Å². The third kappa shape index (κ3) is 6.79. The normalized spacial score (nSPS) is 15.2. The molecule has 1 fully saturated rings. The maximum Gasteiger partial charge on any atom is 0.321 e. The van der Waals surface area contributed by atoms with E-state index in [9.17, 15) is 9.18 Å². The summed E-state index contributed by atoms with van der Waals surface area (Å²) in [5, 5.41) is 3.47. The number of carbonyl (C=O) groups is 1. The highest BCUT2D eigenvalue weighted by molar-refractivity contribution is 6.30. The second-order valence-electron chi connectivity index (χ2n) is 8.57. The molecule has 0 aliphatic carbocycles. The van der Waals surface area contributed by atoms with Crippen LogP contribution < -0.4 is 5.32 Å². The van der Waals surface area contributed by atoms with Gasteiger partial charge in [-0.05, 0) is 48.4 Å². The fraction of sp³-hybridized carbons (Fsp3) is 0.296. The molecule has 2 amide bonds. The highest BCUT2D eigenvalue weighted by atomic mass is 35.5. The largest absolute Gasteiger partial charge is 0.368 e. The summed E-state index contributed by atoms with van der Waals surface area (Å²) < 4.78 is 19.8. The number of rotatable bonds is 7. The summed E-state index contributed by atoms with van der Waals surface area (Å²) in [5.74, 6) is -0.374. The highest BCUT2D eigenvalue weighted by Crippen LogP contribution is 2.24. The Morgan fingerprint density at radius 3 is 2.47 bits per heavy atom. The minimum Gasteiger partial charge on any atom is -0.368 e. The van der Waals surface area contributed by atoms with Crippen molar-refractivity contribution >= 4 is 23.3 Å². The van der Waals surface area contributed by atoms with Crippen molar-refractivity contribution in [3.05, 3.63) is 100 Å². The Balaban J connectivity index is 1.35. The number of halogens is 2. The lowest BCUT2D eigenvalue weighted by molar-refractivity contribution is 0.00592. The number of hydrogen-bond acceptors (Lipinski definition) is 3. The molecule has 3 aromatic carbocycles. The van der Waals surface area contributed by atoms with Crippen LogP contribution in [0.15, 0.2) is 72.8 Å². The molecule has 4 rings (SSSR count). The van der Waals surface area contributed by atoms with E-state index in [2.05, 4.69) is 35.3 Å². The van der Waals surface area contributed by atoms with E-state index in [0.717, 1.165) is 24.2 Å². The Morgan fingerprint density at radius 2 is 1.76 bits per heavy atom. The van der Waals surface area contributed by atoms with Gasteiger partial charge in [-0.3, -0.25) is 4.90 Å². The van der Waals surface area contributed by atoms with Gasteiger partial charge >= 0.3 is 6.03 Å². The van der Waals surface area contributed by atoms with Gasteiger partial charge < -0.3 is 15.0 Å². The van der Waals surface area contributed by atoms with E-state index in [-0.39, 0.29) is 18.0 Å². The van der Waals surface area contributed by atoms with Crippen molar-refractivity contribution in [3.63, 3.8) is 0 Å². The average Bonchev–Trinajstić information content (AvgIpc) is 2.83. The SMILES string of the molecule is Cc1cccc(CO[C@H](CN2CCN(C(=O)Nc3cccc(F)c3)CC2)c2ccc(Cl)cc2)c1. The van der Waals surface area contributed by atoms with Gasteiger partial charge in [0.25, 0.3) is 0 Å². The standard InChI is InChI=1S/C27H29ClFN3O2/c1-20-4-2-5-21(16-20)19-34-26(22-8-10-23(28)11-9-22)18-31-12-14-32(15-13-31)27(33)30-25-7-3-6-24(29)17-25/h2-11,16-17,26H,12-15,18-19H2,1H3,(H,30,33)/t26-/m1/s1. The summed E-state index contributed by atoms with van der Waals surface area (Å²) in [6.07, 6.45) is -0.120. The smallest absolute Gasteiger partial charge is 0.321 e. The summed E-state index contributed by atoms with van der Waals surface area (Å²) in [6.45, 7) is 5.95. The molecule has 1 aliphatic heterocycles. The first-order chi connectivity index (χ1) is 16.5. The van der Waals surface area contributed by atoms with Crippen LogP contribution in [0.3, 0.4) is 0 Å². The number of nitrogens with one attached hydrogen (secondary N) is 1. The maximum absolute atomic E-state index is 13.4. The molecule has 34 heavy (non-hydrogen) atoms. The van der Waals surface area contributed by atoms with Crippen LogP contribution in [0, 0.1) is 12.7 Å². The number of benzene rings is 3. The average molecular weight is 482 g/mol. The molecular formula is C27H29ClFN3O2. The lowest BCUT2D eigenvalue weighted by Gasteiger charge is -2.36. The number of aryl methyl sites for hydroxylation is 1. The number of piperazine rings is 1. The summed E-state index contributed by atoms with van der Waals surface area (Å²) in [6, 6.07) is 21.8. The number of urea groups is 1. The van der Waals surface area contributed by atoms with Gasteiger partial charge in [0, 0.05) is 43.4 Å². The van der Waals surface area contributed by atoms with Gasteiger partial charge in [-0.2, -0.15) is 0 Å². The zero-order chi connectivity index (χ0) is 23.9. The minimum absolute atomic E-state index is 0.120. The van der Waals surface area contributed by atoms with Crippen molar-refractivity contribution in [1.82, 2.24) is 9.80 Å². The van der Waals surface area contributed by atoms with E-state index >= 15 is 0 Å². The van der Waals surface area contributed by atoms with Crippen LogP contribution in [0.5, 0.6) is 0 Å². The number of anilines is 1. The zero-order valence-electron chi connectivity index (χ0n) is 19.2. The molecule has 0 bridgehead atoms. The predicted molar refractivity (Wildman–Crippen MR) is 134 cm³/mol. The highest BCUT2D eigenvalue weighted by Gasteiger charge is 2.24. The van der Waals surface area contributed by atoms with Gasteiger partial charge in [0.2, 0.25) is 0 Å². The Kier molecular flexibility index (Phi) is 8.16. The quantitative estimate of drug-likeness (QED) is 0.457. The van der Waals surface area contributed by atoms with E-state index in [0.29, 0.717) is 37.0 Å². The molecule has 7 heteroatoms. The van der Waals surface area contributed by atoms with E-state index < -0.39 is 0 Å². The third-order valence-electron chi connectivity index (χ3n) is 5.93. The molecule has 0 radical (unpaired) electrons. The lowest BCUT2D eigenvalue weighted by Crippen LogP contribution is -2.50. The molecule has 5 nitrogen and oxygen atoms in total. The van der Waals surface area contributed by atoms with Gasteiger partial charge in [0.15, 0.2) is 0 Å². The lowest BCUT2D eigenvalue weighted by atomic mass is 10.1. The Bertz CT molecular complexity index is 1100. The molecular weight excluding hydrogens is 453 g/mol. The van der Waals surface area contributed by atoms with Crippen molar-refractivity contribution in [3.8, 4) is 0 Å². The van der Waals surface area contributed by atoms with Gasteiger partial charge in [0.05, 0.1) is 12.7 Å². The van der Waals surface area contributed by atoms with Gasteiger partial charge in [0.1, 0.15) is 5.82 Å². The summed E-state index contributed by atoms with van der Waals surface area (Å²) in [7, 11) is 0. The first-order valence-corrected chi connectivity index (χ1v) is 11.8. The Morgan fingerprint density at radius 1 is 1.03 bits per heavy atom. The Hall–Kier alpha value is -2.93. The van der Waals surface area contributed by atoms with Crippen LogP contribution in [0.25, 0.3) is 0 Å². The van der Waals surface area contributed by atoms with Crippen LogP contribution in [0.1, 0.15) is 22.8 Å². The molecule has 1 atom stereocenters. The summed E-state index contributed by atoms with van der Waals surface area (Å²) in [5.41, 5.74) is 3.87. The van der Waals surface area contributed by atoms with Crippen LogP contribution in [-0.2, 0) is 11.3 Å². The monoisotopic (exact) mass is 481 g/mol. The summed E-state index contributed by atoms with van der Waals surface area (Å²) >= 11 is 6.10. The molecule has 0 saturated carbocycles. The number of hydrogen-bond donors (Lipinski definition) is 1. The summed E-state index contributed by atoms with van der Waals surface area (Å²) in [4.78, 5) is 16.6. The predicted octanol–water partition coefficient (Wildman–Crippen LogP) is 5.90. The molecule has 0 spiro atoms. The molecule has 1 saturated heterocycles. The second-order valence-corrected chi connectivity index (χ2v) is 9.00. The van der Waals surface area contributed by atoms with Gasteiger partial charge in [-0.1, -0.05) is 59.6 Å². The fourth-order valence-corrected chi connectivity index (χ4v) is 4.19.